The van der Waals surface area contributed by atoms with Gasteiger partial charge in [-0.2, -0.15) is 0 Å². The van der Waals surface area contributed by atoms with Gasteiger partial charge in [0.05, 0.1) is 25.3 Å². The Morgan fingerprint density at radius 2 is 2.03 bits per heavy atom. The molecule has 208 valence electrons. The van der Waals surface area contributed by atoms with Crippen molar-refractivity contribution in [1.82, 2.24) is 20.4 Å². The second-order valence-electron chi connectivity index (χ2n) is 10.7. The molecule has 5 heterocycles. The Morgan fingerprint density at radius 1 is 1.28 bits per heavy atom. The number of carbonyl (C=O) groups excluding carboxylic acids is 3. The molecule has 1 spiro atoms. The van der Waals surface area contributed by atoms with Gasteiger partial charge < -0.3 is 26.0 Å². The van der Waals surface area contributed by atoms with Crippen molar-refractivity contribution in [2.75, 3.05) is 19.7 Å². The molecule has 6 rings (SSSR count). The number of ether oxygens (including phenoxy) is 1. The summed E-state index contributed by atoms with van der Waals surface area (Å²) >= 11 is 0. The van der Waals surface area contributed by atoms with Crippen molar-refractivity contribution in [3.05, 3.63) is 29.3 Å². The summed E-state index contributed by atoms with van der Waals surface area (Å²) in [4.78, 5) is 48.1. The average molecular weight is 542 g/mol. The molecule has 1 aromatic carbocycles. The Hall–Kier alpha value is -3.91. The molecule has 14 nitrogen and oxygen atoms in total. The van der Waals surface area contributed by atoms with E-state index in [1.807, 2.05) is 6.07 Å². The normalized spacial score (nSPS) is 32.5. The second kappa shape index (κ2) is 8.81. The monoisotopic (exact) mass is 541 g/mol. The minimum atomic E-state index is -2.61. The van der Waals surface area contributed by atoms with Crippen molar-refractivity contribution < 1.29 is 34.3 Å². The number of nitrogens with one attached hydrogen (secondary N) is 3. The number of rotatable bonds is 5. The number of imide groups is 1. The molecule has 0 saturated carbocycles. The third kappa shape index (κ3) is 3.58. The van der Waals surface area contributed by atoms with E-state index in [-0.39, 0.29) is 55.6 Å². The van der Waals surface area contributed by atoms with Crippen molar-refractivity contribution >= 4 is 29.6 Å². The quantitative estimate of drug-likeness (QED) is 0.142. The Morgan fingerprint density at radius 3 is 2.74 bits per heavy atom. The first-order valence-electron chi connectivity index (χ1n) is 13.2. The predicted molar refractivity (Wildman–Crippen MR) is 136 cm³/mol. The number of nitrogens with zero attached hydrogens (tertiary/aromatic N) is 3. The van der Waals surface area contributed by atoms with E-state index in [9.17, 15) is 24.6 Å². The molecule has 0 radical (unpaired) electrons. The maximum Gasteiger partial charge on any atom is 0.343 e. The van der Waals surface area contributed by atoms with Crippen molar-refractivity contribution in [2.45, 2.75) is 68.1 Å². The number of benzene rings is 1. The lowest BCUT2D eigenvalue weighted by Gasteiger charge is -2.46. The number of fused-ring (bicyclic) bond motifs is 1. The van der Waals surface area contributed by atoms with E-state index >= 15 is 0 Å². The summed E-state index contributed by atoms with van der Waals surface area (Å²) in [6.45, 7) is 2.36. The van der Waals surface area contributed by atoms with Gasteiger partial charge in [-0.25, -0.2) is 10.3 Å². The van der Waals surface area contributed by atoms with Crippen LogP contribution in [0.5, 0.6) is 5.75 Å². The second-order valence-corrected chi connectivity index (χ2v) is 10.7. The average Bonchev–Trinajstić information content (AvgIpc) is 3.50. The Labute approximate surface area is 224 Å². The summed E-state index contributed by atoms with van der Waals surface area (Å²) in [5, 5.41) is 29.0. The van der Waals surface area contributed by atoms with Gasteiger partial charge in [0.25, 0.3) is 11.6 Å². The van der Waals surface area contributed by atoms with Gasteiger partial charge in [0.2, 0.25) is 17.6 Å². The van der Waals surface area contributed by atoms with Crippen LogP contribution < -0.4 is 31.8 Å². The van der Waals surface area contributed by atoms with Gasteiger partial charge in [-0.15, -0.1) is 0 Å². The highest BCUT2D eigenvalue weighted by Crippen LogP contribution is 2.42. The van der Waals surface area contributed by atoms with Crippen molar-refractivity contribution in [1.29, 1.82) is 0 Å². The summed E-state index contributed by atoms with van der Waals surface area (Å²) in [6, 6.07) is 2.41. The summed E-state index contributed by atoms with van der Waals surface area (Å²) in [6.07, 6.45) is 1.98. The van der Waals surface area contributed by atoms with Crippen molar-refractivity contribution in [2.24, 2.45) is 16.5 Å². The van der Waals surface area contributed by atoms with Crippen LogP contribution in [-0.4, -0.2) is 98.9 Å². The van der Waals surface area contributed by atoms with Crippen LogP contribution in [0, 0.1) is 0 Å². The van der Waals surface area contributed by atoms with E-state index in [2.05, 4.69) is 27.5 Å². The van der Waals surface area contributed by atoms with Gasteiger partial charge in [-0.1, -0.05) is 19.1 Å². The molecule has 2 unspecified atom stereocenters. The molecule has 9 N–H and O–H groups in total. The van der Waals surface area contributed by atoms with Crippen LogP contribution in [0.4, 0.5) is 0 Å². The Kier molecular flexibility index (Phi) is 5.73. The lowest BCUT2D eigenvalue weighted by molar-refractivity contribution is -0.521. The van der Waals surface area contributed by atoms with Crippen LogP contribution in [0.1, 0.15) is 54.4 Å². The van der Waals surface area contributed by atoms with E-state index in [1.54, 1.807) is 12.1 Å². The smallest absolute Gasteiger partial charge is 0.343 e. The lowest BCUT2D eigenvalue weighted by Crippen LogP contribution is -2.90. The van der Waals surface area contributed by atoms with Crippen LogP contribution in [0.25, 0.3) is 0 Å². The summed E-state index contributed by atoms with van der Waals surface area (Å²) < 4.78 is 5.88. The summed E-state index contributed by atoms with van der Waals surface area (Å²) in [5.41, 5.74) is 11.9. The van der Waals surface area contributed by atoms with Crippen LogP contribution in [0.3, 0.4) is 0 Å². The lowest BCUT2D eigenvalue weighted by atomic mass is 9.84. The van der Waals surface area contributed by atoms with E-state index in [4.69, 9.17) is 16.2 Å². The molecule has 1 aromatic rings. The number of nitrogens with two attached hydrogens (primary N) is 2. The van der Waals surface area contributed by atoms with E-state index in [0.717, 1.165) is 23.3 Å². The zero-order valence-electron chi connectivity index (χ0n) is 21.5. The van der Waals surface area contributed by atoms with Gasteiger partial charge in [-0.3, -0.25) is 34.9 Å². The van der Waals surface area contributed by atoms with Crippen LogP contribution in [-0.2, 0) is 9.59 Å². The first kappa shape index (κ1) is 25.4. The maximum atomic E-state index is 13.5. The molecular weight excluding hydrogens is 508 g/mol. The number of carbonyl (C=O) groups is 3. The van der Waals surface area contributed by atoms with Crippen molar-refractivity contribution in [3.8, 4) is 5.75 Å². The first-order chi connectivity index (χ1) is 18.6. The fourth-order valence-electron chi connectivity index (χ4n) is 6.67. The fourth-order valence-corrected chi connectivity index (χ4v) is 6.67. The number of hydrogen-bond acceptors (Lipinski definition) is 11. The van der Waals surface area contributed by atoms with Gasteiger partial charge in [0, 0.05) is 12.8 Å². The third-order valence-electron chi connectivity index (χ3n) is 8.65. The minimum absolute atomic E-state index is 0.0366. The molecule has 0 bridgehead atoms. The Bertz CT molecular complexity index is 1300. The number of aliphatic imine (C=N–C) groups is 1. The highest BCUT2D eigenvalue weighted by Gasteiger charge is 2.76. The number of aliphatic hydroxyl groups is 2. The van der Waals surface area contributed by atoms with E-state index < -0.39 is 35.5 Å². The number of para-hydroxylation sites is 1. The highest BCUT2D eigenvalue weighted by atomic mass is 16.5. The van der Waals surface area contributed by atoms with Crippen molar-refractivity contribution in [3.63, 3.8) is 0 Å². The summed E-state index contributed by atoms with van der Waals surface area (Å²) in [5.74, 6) is -3.04. The van der Waals surface area contributed by atoms with Gasteiger partial charge in [0.1, 0.15) is 17.8 Å². The number of hydrogen-bond donors (Lipinski definition) is 7. The van der Waals surface area contributed by atoms with Gasteiger partial charge in [0.15, 0.2) is 12.0 Å². The molecule has 0 aromatic heterocycles. The first-order valence-corrected chi connectivity index (χ1v) is 13.2. The SMILES string of the molecule is CCC1CCOc2c(C(=O)NC3CN4C(N)=N[C@@H](CN5C(=O)CCC5=O)[C@@H]5[NH+]=C(N)N[C@@]54C3(O)O)cccc21. The molecule has 2 fully saturated rings. The third-order valence-corrected chi connectivity index (χ3v) is 8.65. The number of amides is 3. The molecule has 14 heteroatoms. The van der Waals surface area contributed by atoms with Crippen LogP contribution in [0.2, 0.25) is 0 Å². The maximum absolute atomic E-state index is 13.5. The Balaban J connectivity index is 1.31. The topological polar surface area (TPSA) is 210 Å². The number of likely N-dealkylation sites (tertiary alicyclic amines) is 1. The van der Waals surface area contributed by atoms with E-state index in [0.29, 0.717) is 17.9 Å². The molecule has 5 aliphatic rings. The molecule has 2 saturated heterocycles. The van der Waals surface area contributed by atoms with E-state index in [1.165, 1.54) is 4.90 Å². The number of guanidine groups is 2. The highest BCUT2D eigenvalue weighted by molar-refractivity contribution is 6.02. The largest absolute Gasteiger partial charge is 0.492 e. The fraction of sp³-hybridized carbons (Fsp3) is 0.560. The zero-order valence-corrected chi connectivity index (χ0v) is 21.5. The van der Waals surface area contributed by atoms with Gasteiger partial charge in [-0.05, 0) is 30.4 Å². The standard InChI is InChI=1S/C25H32N8O6/c1-2-12-8-9-39-19-13(12)4-3-5-14(19)21(36)29-16-11-33-23(27)28-15(10-32-17(34)6-7-18(32)35)20-24(33,25(16,37)38)31-22(26)30-20/h3-5,12,15-16,20,37-38H,2,6-11H2,1H3,(H2,27,28)(H,29,36)(H3,26,30,31)/p+1/t12?,15-,16?,20-,24-/m0/s1. The van der Waals surface area contributed by atoms with Crippen LogP contribution >= 0.6 is 0 Å². The molecule has 3 amide bonds. The molecule has 39 heavy (non-hydrogen) atoms. The zero-order chi connectivity index (χ0) is 27.7. The van der Waals surface area contributed by atoms with Crippen LogP contribution in [0.15, 0.2) is 23.2 Å². The van der Waals surface area contributed by atoms with Gasteiger partial charge >= 0.3 is 5.96 Å². The molecule has 0 aliphatic carbocycles. The minimum Gasteiger partial charge on any atom is -0.492 e. The summed E-state index contributed by atoms with van der Waals surface area (Å²) in [7, 11) is 0. The molecule has 5 aliphatic heterocycles. The predicted octanol–water partition coefficient (Wildman–Crippen LogP) is -4.03. The molecular formula is C25H33N8O6+. The molecule has 5 atom stereocenters.